The van der Waals surface area contributed by atoms with Gasteiger partial charge in [0.15, 0.2) is 0 Å². The standard InChI is InChI=1S/C17H32N2/c1-15-7-3-4-8-16(15)13-19-12-11-18-17(14-19)9-5-2-6-10-17/h15-16,18H,2-14H2,1H3. The molecule has 1 heterocycles. The quantitative estimate of drug-likeness (QED) is 0.822. The summed E-state index contributed by atoms with van der Waals surface area (Å²) in [5, 5.41) is 3.87. The van der Waals surface area contributed by atoms with Crippen molar-refractivity contribution in [1.82, 2.24) is 10.2 Å². The highest BCUT2D eigenvalue weighted by atomic mass is 15.2. The Morgan fingerprint density at radius 1 is 1.05 bits per heavy atom. The zero-order valence-electron chi connectivity index (χ0n) is 12.8. The van der Waals surface area contributed by atoms with Gasteiger partial charge in [0.05, 0.1) is 0 Å². The molecular weight excluding hydrogens is 232 g/mol. The summed E-state index contributed by atoms with van der Waals surface area (Å²) in [6.07, 6.45) is 13.1. The maximum Gasteiger partial charge on any atom is 0.0309 e. The fraction of sp³-hybridized carbons (Fsp3) is 1.00. The summed E-state index contributed by atoms with van der Waals surface area (Å²) in [6.45, 7) is 7.70. The topological polar surface area (TPSA) is 15.3 Å². The molecule has 0 bridgehead atoms. The molecule has 2 heteroatoms. The first kappa shape index (κ1) is 13.9. The van der Waals surface area contributed by atoms with Gasteiger partial charge >= 0.3 is 0 Å². The Labute approximate surface area is 119 Å². The van der Waals surface area contributed by atoms with Crippen LogP contribution in [0, 0.1) is 11.8 Å². The van der Waals surface area contributed by atoms with Gasteiger partial charge in [0.1, 0.15) is 0 Å². The molecule has 1 saturated heterocycles. The van der Waals surface area contributed by atoms with Gasteiger partial charge in [0.2, 0.25) is 0 Å². The first-order valence-electron chi connectivity index (χ1n) is 8.75. The second-order valence-corrected chi connectivity index (χ2v) is 7.52. The Balaban J connectivity index is 1.55. The van der Waals surface area contributed by atoms with Crippen LogP contribution in [0.25, 0.3) is 0 Å². The smallest absolute Gasteiger partial charge is 0.0309 e. The lowest BCUT2D eigenvalue weighted by molar-refractivity contribution is 0.0710. The third-order valence-corrected chi connectivity index (χ3v) is 6.05. The zero-order valence-corrected chi connectivity index (χ0v) is 12.8. The van der Waals surface area contributed by atoms with Crippen molar-refractivity contribution in [3.05, 3.63) is 0 Å². The summed E-state index contributed by atoms with van der Waals surface area (Å²) >= 11 is 0. The first-order chi connectivity index (χ1) is 9.27. The van der Waals surface area contributed by atoms with Crippen LogP contribution in [0.1, 0.15) is 64.7 Å². The molecule has 3 fully saturated rings. The van der Waals surface area contributed by atoms with E-state index >= 15 is 0 Å². The lowest BCUT2D eigenvalue weighted by Gasteiger charge is -2.47. The number of nitrogens with one attached hydrogen (secondary N) is 1. The molecule has 2 aliphatic carbocycles. The summed E-state index contributed by atoms with van der Waals surface area (Å²) in [6, 6.07) is 0. The van der Waals surface area contributed by atoms with Crippen molar-refractivity contribution in [3.63, 3.8) is 0 Å². The lowest BCUT2D eigenvalue weighted by Crippen LogP contribution is -2.61. The van der Waals surface area contributed by atoms with Crippen molar-refractivity contribution in [2.75, 3.05) is 26.2 Å². The SMILES string of the molecule is CC1CCCCC1CN1CCNC2(CCCCC2)C1. The molecule has 110 valence electrons. The highest BCUT2D eigenvalue weighted by Crippen LogP contribution is 2.33. The summed E-state index contributed by atoms with van der Waals surface area (Å²) in [7, 11) is 0. The fourth-order valence-corrected chi connectivity index (χ4v) is 4.76. The molecule has 0 aromatic carbocycles. The van der Waals surface area contributed by atoms with Crippen LogP contribution < -0.4 is 5.32 Å². The van der Waals surface area contributed by atoms with Crippen molar-refractivity contribution >= 4 is 0 Å². The molecule has 0 aromatic rings. The molecule has 1 N–H and O–H groups in total. The van der Waals surface area contributed by atoms with E-state index in [4.69, 9.17) is 0 Å². The molecular formula is C17H32N2. The molecule has 19 heavy (non-hydrogen) atoms. The molecule has 0 radical (unpaired) electrons. The van der Waals surface area contributed by atoms with Crippen LogP contribution in [0.4, 0.5) is 0 Å². The van der Waals surface area contributed by atoms with E-state index in [0.717, 1.165) is 11.8 Å². The third kappa shape index (κ3) is 3.33. The molecule has 1 spiro atoms. The average molecular weight is 264 g/mol. The van der Waals surface area contributed by atoms with Gasteiger partial charge in [-0.25, -0.2) is 0 Å². The minimum Gasteiger partial charge on any atom is -0.309 e. The first-order valence-corrected chi connectivity index (χ1v) is 8.75. The number of rotatable bonds is 2. The van der Waals surface area contributed by atoms with Gasteiger partial charge in [0.25, 0.3) is 0 Å². The molecule has 3 aliphatic rings. The normalized spacial score (nSPS) is 36.5. The number of hydrogen-bond acceptors (Lipinski definition) is 2. The van der Waals surface area contributed by atoms with E-state index < -0.39 is 0 Å². The monoisotopic (exact) mass is 264 g/mol. The summed E-state index contributed by atoms with van der Waals surface area (Å²) in [5.74, 6) is 1.94. The van der Waals surface area contributed by atoms with Crippen LogP contribution in [-0.2, 0) is 0 Å². The molecule has 2 atom stereocenters. The van der Waals surface area contributed by atoms with E-state index in [2.05, 4.69) is 17.1 Å². The Bertz CT molecular complexity index is 277. The van der Waals surface area contributed by atoms with Gasteiger partial charge in [-0.15, -0.1) is 0 Å². The van der Waals surface area contributed by atoms with Gasteiger partial charge in [-0.2, -0.15) is 0 Å². The van der Waals surface area contributed by atoms with Gasteiger partial charge in [-0.3, -0.25) is 4.90 Å². The van der Waals surface area contributed by atoms with Crippen molar-refractivity contribution in [2.24, 2.45) is 11.8 Å². The van der Waals surface area contributed by atoms with Gasteiger partial charge < -0.3 is 5.32 Å². The van der Waals surface area contributed by atoms with E-state index in [0.29, 0.717) is 5.54 Å². The van der Waals surface area contributed by atoms with Crippen molar-refractivity contribution in [1.29, 1.82) is 0 Å². The van der Waals surface area contributed by atoms with E-state index in [1.165, 1.54) is 84.0 Å². The van der Waals surface area contributed by atoms with Crippen LogP contribution in [-0.4, -0.2) is 36.6 Å². The highest BCUT2D eigenvalue weighted by molar-refractivity contribution is 4.97. The predicted molar refractivity (Wildman–Crippen MR) is 81.4 cm³/mol. The molecule has 2 nitrogen and oxygen atoms in total. The molecule has 0 aromatic heterocycles. The van der Waals surface area contributed by atoms with Crippen LogP contribution in [0.2, 0.25) is 0 Å². The van der Waals surface area contributed by atoms with E-state index in [9.17, 15) is 0 Å². The second kappa shape index (κ2) is 6.13. The maximum absolute atomic E-state index is 3.87. The van der Waals surface area contributed by atoms with Gasteiger partial charge in [-0.1, -0.05) is 45.4 Å². The number of piperazine rings is 1. The van der Waals surface area contributed by atoms with E-state index in [1.807, 2.05) is 0 Å². The predicted octanol–water partition coefficient (Wildman–Crippen LogP) is 3.42. The molecule has 3 rings (SSSR count). The third-order valence-electron chi connectivity index (χ3n) is 6.05. The van der Waals surface area contributed by atoms with E-state index in [1.54, 1.807) is 0 Å². The fourth-order valence-electron chi connectivity index (χ4n) is 4.76. The van der Waals surface area contributed by atoms with Gasteiger partial charge in [-0.05, 0) is 31.1 Å². The zero-order chi connectivity index (χ0) is 13.1. The minimum atomic E-state index is 0.494. The minimum absolute atomic E-state index is 0.494. The average Bonchev–Trinajstić information content (AvgIpc) is 2.42. The largest absolute Gasteiger partial charge is 0.309 e. The molecule has 2 saturated carbocycles. The van der Waals surface area contributed by atoms with Crippen LogP contribution in [0.3, 0.4) is 0 Å². The van der Waals surface area contributed by atoms with Crippen molar-refractivity contribution in [2.45, 2.75) is 70.3 Å². The second-order valence-electron chi connectivity index (χ2n) is 7.52. The Hall–Kier alpha value is -0.0800. The Kier molecular flexibility index (Phi) is 4.48. The van der Waals surface area contributed by atoms with Crippen molar-refractivity contribution in [3.8, 4) is 0 Å². The van der Waals surface area contributed by atoms with Crippen molar-refractivity contribution < 1.29 is 0 Å². The lowest BCUT2D eigenvalue weighted by atomic mass is 9.78. The van der Waals surface area contributed by atoms with Crippen LogP contribution in [0.15, 0.2) is 0 Å². The Morgan fingerprint density at radius 3 is 2.63 bits per heavy atom. The van der Waals surface area contributed by atoms with Crippen LogP contribution in [0.5, 0.6) is 0 Å². The number of nitrogens with zero attached hydrogens (tertiary/aromatic N) is 1. The maximum atomic E-state index is 3.87. The summed E-state index contributed by atoms with van der Waals surface area (Å²) in [4.78, 5) is 2.80. The molecule has 1 aliphatic heterocycles. The highest BCUT2D eigenvalue weighted by Gasteiger charge is 2.37. The number of hydrogen-bond donors (Lipinski definition) is 1. The van der Waals surface area contributed by atoms with Crippen LogP contribution >= 0.6 is 0 Å². The Morgan fingerprint density at radius 2 is 1.84 bits per heavy atom. The summed E-state index contributed by atoms with van der Waals surface area (Å²) < 4.78 is 0. The molecule has 2 unspecified atom stereocenters. The molecule has 0 amide bonds. The van der Waals surface area contributed by atoms with Gasteiger partial charge in [0, 0.05) is 31.7 Å². The van der Waals surface area contributed by atoms with E-state index in [-0.39, 0.29) is 0 Å². The summed E-state index contributed by atoms with van der Waals surface area (Å²) in [5.41, 5.74) is 0.494.